The maximum atomic E-state index is 12.6. The Balaban J connectivity index is 0.653. The normalized spacial score (nSPS) is 13.1. The van der Waals surface area contributed by atoms with Crippen LogP contribution in [-0.4, -0.2) is 135 Å². The highest BCUT2D eigenvalue weighted by atomic mass is 16.6. The lowest BCUT2D eigenvalue weighted by molar-refractivity contribution is -0.120. The largest absolute Gasteiger partial charge is 0.424 e. The van der Waals surface area contributed by atoms with Crippen molar-refractivity contribution in [1.82, 2.24) is 44.7 Å². The highest BCUT2D eigenvalue weighted by Crippen LogP contribution is 2.32. The van der Waals surface area contributed by atoms with Gasteiger partial charge in [0.2, 0.25) is 11.9 Å². The molecule has 4 N–H and O–H groups in total. The first-order valence-electron chi connectivity index (χ1n) is 21.0. The van der Waals surface area contributed by atoms with Crippen LogP contribution in [0.1, 0.15) is 55.3 Å². The number of carbonyl (C=O) groups is 2. The Bertz CT molecular complexity index is 2330. The predicted octanol–water partition coefficient (Wildman–Crippen LogP) is 3.95. The van der Waals surface area contributed by atoms with Gasteiger partial charge in [0.15, 0.2) is 17.0 Å². The molecule has 0 aliphatic carbocycles. The summed E-state index contributed by atoms with van der Waals surface area (Å²) in [6, 6.07) is 7.43. The van der Waals surface area contributed by atoms with E-state index in [1.165, 1.54) is 6.33 Å². The van der Waals surface area contributed by atoms with E-state index in [0.29, 0.717) is 130 Å². The van der Waals surface area contributed by atoms with E-state index in [1.54, 1.807) is 36.9 Å². The first-order chi connectivity index (χ1) is 30.4. The van der Waals surface area contributed by atoms with Gasteiger partial charge in [-0.25, -0.2) is 34.6 Å². The molecule has 1 aromatic carbocycles. The van der Waals surface area contributed by atoms with Crippen LogP contribution >= 0.6 is 0 Å². The van der Waals surface area contributed by atoms with Crippen LogP contribution in [0, 0.1) is 0 Å². The van der Waals surface area contributed by atoms with Crippen LogP contribution < -0.4 is 21.3 Å². The number of hydrogen-bond acceptors (Lipinski definition) is 19. The maximum Gasteiger partial charge on any atom is 0.292 e. The van der Waals surface area contributed by atoms with Crippen molar-refractivity contribution in [3.05, 3.63) is 60.9 Å². The van der Waals surface area contributed by atoms with E-state index in [4.69, 9.17) is 39.9 Å². The zero-order valence-electron chi connectivity index (χ0n) is 34.8. The van der Waals surface area contributed by atoms with Crippen molar-refractivity contribution in [2.75, 3.05) is 100 Å². The summed E-state index contributed by atoms with van der Waals surface area (Å²) in [6.45, 7) is 7.02. The second-order valence-corrected chi connectivity index (χ2v) is 14.6. The highest BCUT2D eigenvalue weighted by molar-refractivity contribution is 5.99. The molecule has 0 bridgehead atoms. The first kappa shape index (κ1) is 43.9. The van der Waals surface area contributed by atoms with Crippen molar-refractivity contribution in [3.63, 3.8) is 0 Å². The number of carbonyl (C=O) groups excluding carboxylic acids is 2. The molecule has 0 saturated carbocycles. The van der Waals surface area contributed by atoms with Gasteiger partial charge in [0.25, 0.3) is 6.01 Å². The second kappa shape index (κ2) is 22.6. The monoisotopic (exact) mass is 851 g/mol. The van der Waals surface area contributed by atoms with Gasteiger partial charge in [-0.15, -0.1) is 0 Å². The number of ketones is 2. The average molecular weight is 852 g/mol. The summed E-state index contributed by atoms with van der Waals surface area (Å²) < 4.78 is 29.5. The standard InChI is InChI=1S/C42H53N13O7/c43-38-36-37(30-8-9-35-33(26-30)51-40(44)62-35)52-55(39(36)50-29-49-38)13-3-1-2-6-32(56)10-19-59-21-23-61-25-24-60-22-20-58-18-4-7-34(57)31-27-47-42(48-28-31)54-16-14-53(15-17-54)41-45-11-5-12-46-41/h5,8-9,11-12,26-29H,1-4,6-7,10,13-25H2,(H2,44,51)(H2,43,49,50). The van der Waals surface area contributed by atoms with Gasteiger partial charge in [-0.05, 0) is 43.5 Å². The summed E-state index contributed by atoms with van der Waals surface area (Å²) in [7, 11) is 0. The lowest BCUT2D eigenvalue weighted by Gasteiger charge is -2.34. The number of piperazine rings is 1. The number of benzene rings is 1. The van der Waals surface area contributed by atoms with E-state index < -0.39 is 0 Å². The molecular formula is C42H53N13O7. The van der Waals surface area contributed by atoms with Gasteiger partial charge in [-0.1, -0.05) is 6.42 Å². The van der Waals surface area contributed by atoms with Crippen LogP contribution in [0.2, 0.25) is 0 Å². The fourth-order valence-electron chi connectivity index (χ4n) is 6.98. The quantitative estimate of drug-likeness (QED) is 0.0579. The van der Waals surface area contributed by atoms with Crippen LogP contribution in [-0.2, 0) is 30.3 Å². The molecule has 0 amide bonds. The molecule has 5 aromatic heterocycles. The number of Topliss-reactive ketones (excluding diaryl/α,β-unsaturated/α-hetero) is 2. The van der Waals surface area contributed by atoms with Crippen molar-refractivity contribution >= 4 is 57.4 Å². The Morgan fingerprint density at radius 1 is 0.694 bits per heavy atom. The minimum atomic E-state index is -0.0103. The number of aryl methyl sites for hydroxylation is 1. The van der Waals surface area contributed by atoms with Crippen LogP contribution in [0.15, 0.2) is 59.8 Å². The summed E-state index contributed by atoms with van der Waals surface area (Å²) in [5.74, 6) is 1.85. The Hall–Kier alpha value is -6.22. The number of nitrogen functional groups attached to an aromatic ring is 2. The summed E-state index contributed by atoms with van der Waals surface area (Å²) in [4.78, 5) is 59.6. The number of nitrogens with zero attached hydrogens (tertiary/aromatic N) is 11. The Morgan fingerprint density at radius 3 is 2.06 bits per heavy atom. The molecule has 1 aliphatic rings. The fraction of sp³-hybridized carbons (Fsp3) is 0.476. The number of nitrogens with two attached hydrogens (primary N) is 2. The minimum absolute atomic E-state index is 0.0103. The molecule has 0 unspecified atom stereocenters. The lowest BCUT2D eigenvalue weighted by atomic mass is 10.1. The van der Waals surface area contributed by atoms with Crippen LogP contribution in [0.4, 0.5) is 23.7 Å². The predicted molar refractivity (Wildman–Crippen MR) is 231 cm³/mol. The maximum absolute atomic E-state index is 12.6. The molecule has 6 heterocycles. The summed E-state index contributed by atoms with van der Waals surface area (Å²) in [5.41, 5.74) is 15.8. The number of aromatic nitrogens is 9. The molecule has 20 heteroatoms. The lowest BCUT2D eigenvalue weighted by Crippen LogP contribution is -2.47. The van der Waals surface area contributed by atoms with Crippen molar-refractivity contribution in [2.45, 2.75) is 51.5 Å². The molecule has 7 rings (SSSR count). The molecule has 328 valence electrons. The number of oxazole rings is 1. The summed E-state index contributed by atoms with van der Waals surface area (Å²) in [6.07, 6.45) is 12.4. The molecule has 0 spiro atoms. The average Bonchev–Trinajstić information content (AvgIpc) is 3.87. The van der Waals surface area contributed by atoms with Crippen LogP contribution in [0.3, 0.4) is 0 Å². The van der Waals surface area contributed by atoms with Gasteiger partial charge in [-0.3, -0.25) is 9.59 Å². The molecule has 1 aliphatic heterocycles. The molecule has 0 atom stereocenters. The van der Waals surface area contributed by atoms with Gasteiger partial charge < -0.3 is 44.6 Å². The number of unbranched alkanes of at least 4 members (excludes halogenated alkanes) is 2. The smallest absolute Gasteiger partial charge is 0.292 e. The topological polar surface area (TPSA) is 251 Å². The number of rotatable bonds is 26. The first-order valence-corrected chi connectivity index (χ1v) is 21.0. The zero-order chi connectivity index (χ0) is 42.9. The van der Waals surface area contributed by atoms with Gasteiger partial charge in [0.1, 0.15) is 29.1 Å². The minimum Gasteiger partial charge on any atom is -0.424 e. The summed E-state index contributed by atoms with van der Waals surface area (Å²) >= 11 is 0. The molecule has 1 saturated heterocycles. The van der Waals surface area contributed by atoms with Crippen molar-refractivity contribution in [1.29, 1.82) is 0 Å². The van der Waals surface area contributed by atoms with Crippen molar-refractivity contribution in [2.24, 2.45) is 0 Å². The SMILES string of the molecule is Nc1nc2cc(-c3nn(CCCCCC(=O)CCOCCOCCOCCOCCCC(=O)c4cnc(N5CCN(c6ncccn6)CC5)nc4)c4ncnc(N)c34)ccc2o1. The van der Waals surface area contributed by atoms with Crippen molar-refractivity contribution in [3.8, 4) is 11.3 Å². The molecule has 0 radical (unpaired) electrons. The van der Waals surface area contributed by atoms with E-state index in [-0.39, 0.29) is 17.6 Å². The highest BCUT2D eigenvalue weighted by Gasteiger charge is 2.21. The fourth-order valence-corrected chi connectivity index (χ4v) is 6.98. The third-order valence-electron chi connectivity index (χ3n) is 10.3. The summed E-state index contributed by atoms with van der Waals surface area (Å²) in [5, 5.41) is 5.50. The van der Waals surface area contributed by atoms with Crippen molar-refractivity contribution < 1.29 is 33.0 Å². The Morgan fingerprint density at radius 2 is 1.35 bits per heavy atom. The number of anilines is 4. The van der Waals surface area contributed by atoms with E-state index in [1.807, 2.05) is 16.8 Å². The van der Waals surface area contributed by atoms with Gasteiger partial charge in [0.05, 0.1) is 57.2 Å². The Labute approximate surface area is 358 Å². The van der Waals surface area contributed by atoms with Gasteiger partial charge >= 0.3 is 0 Å². The third kappa shape index (κ3) is 12.2. The Kier molecular flexibility index (Phi) is 16.0. The molecule has 62 heavy (non-hydrogen) atoms. The molecule has 1 fully saturated rings. The van der Waals surface area contributed by atoms with E-state index in [0.717, 1.165) is 57.0 Å². The van der Waals surface area contributed by atoms with Gasteiger partial charge in [0, 0.05) is 88.9 Å². The van der Waals surface area contributed by atoms with E-state index >= 15 is 0 Å². The molecule has 6 aromatic rings. The number of fused-ring (bicyclic) bond motifs is 2. The zero-order valence-corrected chi connectivity index (χ0v) is 34.8. The van der Waals surface area contributed by atoms with Crippen LogP contribution in [0.5, 0.6) is 0 Å². The second-order valence-electron chi connectivity index (χ2n) is 14.6. The van der Waals surface area contributed by atoms with Gasteiger partial charge in [-0.2, -0.15) is 10.1 Å². The number of ether oxygens (including phenoxy) is 4. The van der Waals surface area contributed by atoms with E-state index in [9.17, 15) is 9.59 Å². The third-order valence-corrected chi connectivity index (χ3v) is 10.3. The number of hydrogen-bond donors (Lipinski definition) is 2. The molecular weight excluding hydrogens is 799 g/mol. The van der Waals surface area contributed by atoms with Crippen LogP contribution in [0.25, 0.3) is 33.4 Å². The molecule has 20 nitrogen and oxygen atoms in total. The van der Waals surface area contributed by atoms with E-state index in [2.05, 4.69) is 44.7 Å².